The van der Waals surface area contributed by atoms with Gasteiger partial charge in [0.2, 0.25) is 0 Å². The Balaban J connectivity index is 3.22. The van der Waals surface area contributed by atoms with Gasteiger partial charge in [-0.15, -0.1) is 0 Å². The Labute approximate surface area is 114 Å². The first-order valence-electron chi connectivity index (χ1n) is 7.49. The molecule has 0 saturated heterocycles. The summed E-state index contributed by atoms with van der Waals surface area (Å²) in [6, 6.07) is 0. The molecule has 0 amide bonds. The molecular formula is C18H30. The molecule has 0 heterocycles. The Bertz CT molecular complexity index is 243. The van der Waals surface area contributed by atoms with Crippen LogP contribution < -0.4 is 0 Å². The van der Waals surface area contributed by atoms with Crippen LogP contribution in [0.1, 0.15) is 64.7 Å². The van der Waals surface area contributed by atoms with E-state index in [1.807, 2.05) is 12.2 Å². The van der Waals surface area contributed by atoms with Gasteiger partial charge in [0.15, 0.2) is 0 Å². The number of rotatable bonds is 12. The highest BCUT2D eigenvalue weighted by Crippen LogP contribution is 2.07. The van der Waals surface area contributed by atoms with Crippen molar-refractivity contribution in [2.24, 2.45) is 0 Å². The molecule has 0 aromatic rings. The predicted molar refractivity (Wildman–Crippen MR) is 84.8 cm³/mol. The minimum atomic E-state index is 1.01. The van der Waals surface area contributed by atoms with Crippen molar-refractivity contribution in [3.63, 3.8) is 0 Å². The van der Waals surface area contributed by atoms with Gasteiger partial charge in [-0.2, -0.15) is 0 Å². The summed E-state index contributed by atoms with van der Waals surface area (Å²) in [7, 11) is 0. The summed E-state index contributed by atoms with van der Waals surface area (Å²) >= 11 is 0. The fourth-order valence-corrected chi connectivity index (χ4v) is 1.78. The molecule has 0 nitrogen and oxygen atoms in total. The molecule has 0 bridgehead atoms. The lowest BCUT2D eigenvalue weighted by Gasteiger charge is -1.97. The highest BCUT2D eigenvalue weighted by atomic mass is 13.9. The average Bonchev–Trinajstić information content (AvgIpc) is 2.39. The molecule has 0 atom stereocenters. The molecule has 0 aromatic carbocycles. The second-order valence-electron chi connectivity index (χ2n) is 4.63. The normalized spacial score (nSPS) is 12.1. The van der Waals surface area contributed by atoms with Crippen LogP contribution in [0.3, 0.4) is 0 Å². The van der Waals surface area contributed by atoms with Crippen LogP contribution in [-0.2, 0) is 0 Å². The van der Waals surface area contributed by atoms with Gasteiger partial charge in [-0.1, -0.05) is 88.1 Å². The second-order valence-corrected chi connectivity index (χ2v) is 4.63. The molecule has 0 saturated carbocycles. The van der Waals surface area contributed by atoms with Crippen LogP contribution in [0.25, 0.3) is 0 Å². The maximum absolute atomic E-state index is 3.64. The van der Waals surface area contributed by atoms with E-state index in [-0.39, 0.29) is 0 Å². The maximum Gasteiger partial charge on any atom is -0.0166 e. The summed E-state index contributed by atoms with van der Waals surface area (Å²) < 4.78 is 0. The minimum absolute atomic E-state index is 1.01. The van der Waals surface area contributed by atoms with Crippen LogP contribution >= 0.6 is 0 Å². The summed E-state index contributed by atoms with van der Waals surface area (Å²) in [5.41, 5.74) is 0. The predicted octanol–water partition coefficient (Wildman–Crippen LogP) is 6.37. The van der Waals surface area contributed by atoms with Crippen LogP contribution in [0.5, 0.6) is 0 Å². The van der Waals surface area contributed by atoms with Gasteiger partial charge in [0.1, 0.15) is 0 Å². The monoisotopic (exact) mass is 246 g/mol. The molecule has 0 aliphatic heterocycles. The van der Waals surface area contributed by atoms with Gasteiger partial charge in [0.05, 0.1) is 0 Å². The molecule has 0 heteroatoms. The number of allylic oxidation sites excluding steroid dienone is 7. The van der Waals surface area contributed by atoms with E-state index >= 15 is 0 Å². The smallest absolute Gasteiger partial charge is 0.0166 e. The van der Waals surface area contributed by atoms with E-state index in [0.717, 1.165) is 12.8 Å². The zero-order valence-corrected chi connectivity index (χ0v) is 12.1. The van der Waals surface area contributed by atoms with Gasteiger partial charge in [-0.05, 0) is 25.7 Å². The Hall–Kier alpha value is -1.04. The van der Waals surface area contributed by atoms with E-state index in [1.54, 1.807) is 0 Å². The highest BCUT2D eigenvalue weighted by molar-refractivity contribution is 5.02. The molecule has 0 aliphatic carbocycles. The minimum Gasteiger partial charge on any atom is -0.0991 e. The van der Waals surface area contributed by atoms with Crippen molar-refractivity contribution in [1.29, 1.82) is 0 Å². The topological polar surface area (TPSA) is 0 Å². The zero-order chi connectivity index (χ0) is 13.3. The van der Waals surface area contributed by atoms with Crippen LogP contribution in [-0.4, -0.2) is 0 Å². The van der Waals surface area contributed by atoms with Crippen LogP contribution in [0.15, 0.2) is 49.1 Å². The molecule has 0 unspecified atom stereocenters. The van der Waals surface area contributed by atoms with Crippen molar-refractivity contribution in [3.05, 3.63) is 49.1 Å². The fourth-order valence-electron chi connectivity index (χ4n) is 1.78. The van der Waals surface area contributed by atoms with Gasteiger partial charge < -0.3 is 0 Å². The third-order valence-corrected chi connectivity index (χ3v) is 2.87. The van der Waals surface area contributed by atoms with E-state index in [4.69, 9.17) is 0 Å². The summed E-state index contributed by atoms with van der Waals surface area (Å²) in [6.45, 7) is 5.91. The number of hydrogen-bond donors (Lipinski definition) is 0. The maximum atomic E-state index is 3.64. The molecule has 0 aromatic heterocycles. The van der Waals surface area contributed by atoms with Gasteiger partial charge in [-0.3, -0.25) is 0 Å². The van der Waals surface area contributed by atoms with E-state index in [0.29, 0.717) is 0 Å². The first kappa shape index (κ1) is 17.0. The summed E-state index contributed by atoms with van der Waals surface area (Å²) in [6.07, 6.45) is 26.6. The number of unbranched alkanes of at least 4 members (excludes halogenated alkanes) is 6. The van der Waals surface area contributed by atoms with Crippen LogP contribution in [0, 0.1) is 0 Å². The fraction of sp³-hybridized carbons (Fsp3) is 0.556. The second kappa shape index (κ2) is 16.0. The van der Waals surface area contributed by atoms with Crippen molar-refractivity contribution in [2.45, 2.75) is 64.7 Å². The Morgan fingerprint density at radius 1 is 0.722 bits per heavy atom. The lowest BCUT2D eigenvalue weighted by molar-refractivity contribution is 0.611. The summed E-state index contributed by atoms with van der Waals surface area (Å²) in [5, 5.41) is 0. The highest BCUT2D eigenvalue weighted by Gasteiger charge is 1.87. The Morgan fingerprint density at radius 2 is 1.33 bits per heavy atom. The molecule has 0 rings (SSSR count). The third kappa shape index (κ3) is 15.0. The summed E-state index contributed by atoms with van der Waals surface area (Å²) in [5.74, 6) is 0. The zero-order valence-electron chi connectivity index (χ0n) is 12.1. The van der Waals surface area contributed by atoms with Crippen LogP contribution in [0.4, 0.5) is 0 Å². The molecule has 0 fully saturated rings. The first-order chi connectivity index (χ1) is 8.91. The third-order valence-electron chi connectivity index (χ3n) is 2.87. The van der Waals surface area contributed by atoms with E-state index in [1.165, 1.54) is 44.9 Å². The Morgan fingerprint density at radius 3 is 2.06 bits per heavy atom. The van der Waals surface area contributed by atoms with Gasteiger partial charge in [0.25, 0.3) is 0 Å². The van der Waals surface area contributed by atoms with Crippen molar-refractivity contribution < 1.29 is 0 Å². The average molecular weight is 246 g/mol. The Kier molecular flexibility index (Phi) is 15.0. The molecule has 102 valence electrons. The van der Waals surface area contributed by atoms with E-state index in [2.05, 4.69) is 43.9 Å². The van der Waals surface area contributed by atoms with Crippen LogP contribution in [0.2, 0.25) is 0 Å². The van der Waals surface area contributed by atoms with Crippen molar-refractivity contribution in [2.75, 3.05) is 0 Å². The summed E-state index contributed by atoms with van der Waals surface area (Å²) in [4.78, 5) is 0. The SMILES string of the molecule is C=CC=CCC=CCC=CCCCCCCCC. The molecule has 0 aliphatic rings. The molecule has 0 spiro atoms. The van der Waals surface area contributed by atoms with E-state index < -0.39 is 0 Å². The molecule has 0 N–H and O–H groups in total. The van der Waals surface area contributed by atoms with Crippen molar-refractivity contribution in [1.82, 2.24) is 0 Å². The molecule has 18 heavy (non-hydrogen) atoms. The number of hydrogen-bond acceptors (Lipinski definition) is 0. The molecule has 0 radical (unpaired) electrons. The lowest BCUT2D eigenvalue weighted by atomic mass is 10.1. The molecular weight excluding hydrogens is 216 g/mol. The quantitative estimate of drug-likeness (QED) is 0.213. The lowest BCUT2D eigenvalue weighted by Crippen LogP contribution is -1.77. The van der Waals surface area contributed by atoms with Gasteiger partial charge in [0, 0.05) is 0 Å². The standard InChI is InChI=1S/C18H30/c1-3-5-7-9-11-13-15-17-18-16-14-12-10-8-6-4-2/h3,5,7,11,13,17-18H,1,4,6,8-10,12,14-16H2,2H3. The van der Waals surface area contributed by atoms with E-state index in [9.17, 15) is 0 Å². The largest absolute Gasteiger partial charge is 0.0991 e. The van der Waals surface area contributed by atoms with Crippen molar-refractivity contribution >= 4 is 0 Å². The van der Waals surface area contributed by atoms with Crippen molar-refractivity contribution in [3.8, 4) is 0 Å². The van der Waals surface area contributed by atoms with Gasteiger partial charge in [-0.25, -0.2) is 0 Å². The van der Waals surface area contributed by atoms with Gasteiger partial charge >= 0.3 is 0 Å². The first-order valence-corrected chi connectivity index (χ1v) is 7.49.